The topological polar surface area (TPSA) is 9.23 Å². The van der Waals surface area contributed by atoms with Crippen LogP contribution in [0, 0.1) is 6.92 Å². The van der Waals surface area contributed by atoms with Crippen LogP contribution in [-0.4, -0.2) is 6.61 Å². The van der Waals surface area contributed by atoms with Crippen molar-refractivity contribution in [1.29, 1.82) is 0 Å². The highest BCUT2D eigenvalue weighted by Gasteiger charge is 2.02. The third-order valence-electron chi connectivity index (χ3n) is 2.05. The Morgan fingerprint density at radius 3 is 2.54 bits per heavy atom. The second-order valence-corrected chi connectivity index (χ2v) is 3.14. The lowest BCUT2D eigenvalue weighted by molar-refractivity contribution is 0.316. The van der Waals surface area contributed by atoms with Crippen LogP contribution in [0.25, 0.3) is 5.76 Å². The van der Waals surface area contributed by atoms with Gasteiger partial charge in [-0.05, 0) is 19.1 Å². The van der Waals surface area contributed by atoms with Gasteiger partial charge in [0.25, 0.3) is 0 Å². The molecular formula is C12H12O. The Labute approximate surface area is 78.3 Å². The van der Waals surface area contributed by atoms with Gasteiger partial charge in [-0.15, -0.1) is 0 Å². The first-order valence-corrected chi connectivity index (χ1v) is 4.43. The molecule has 0 saturated heterocycles. The maximum absolute atomic E-state index is 5.48. The molecule has 0 saturated carbocycles. The lowest BCUT2D eigenvalue weighted by Crippen LogP contribution is -1.95. The predicted molar refractivity (Wildman–Crippen MR) is 54.2 cm³/mol. The van der Waals surface area contributed by atoms with Crippen LogP contribution >= 0.6 is 0 Å². The van der Waals surface area contributed by atoms with Crippen molar-refractivity contribution in [1.82, 2.24) is 0 Å². The second-order valence-electron chi connectivity index (χ2n) is 3.14. The summed E-state index contributed by atoms with van der Waals surface area (Å²) in [7, 11) is 0. The summed E-state index contributed by atoms with van der Waals surface area (Å²) in [5, 5.41) is 0. The Bertz CT molecular complexity index is 344. The van der Waals surface area contributed by atoms with Crippen LogP contribution in [0.4, 0.5) is 0 Å². The monoisotopic (exact) mass is 172 g/mol. The number of allylic oxidation sites excluding steroid dienone is 2. The maximum atomic E-state index is 5.48. The van der Waals surface area contributed by atoms with Gasteiger partial charge in [-0.25, -0.2) is 0 Å². The number of benzene rings is 1. The van der Waals surface area contributed by atoms with Crippen LogP contribution < -0.4 is 0 Å². The molecule has 1 heterocycles. The molecule has 0 spiro atoms. The van der Waals surface area contributed by atoms with Crippen molar-refractivity contribution >= 4 is 5.76 Å². The molecule has 0 aliphatic carbocycles. The third-order valence-corrected chi connectivity index (χ3v) is 2.05. The summed E-state index contributed by atoms with van der Waals surface area (Å²) < 4.78 is 5.48. The summed E-state index contributed by atoms with van der Waals surface area (Å²) in [6, 6.07) is 8.36. The third kappa shape index (κ3) is 1.81. The first-order chi connectivity index (χ1) is 6.36. The molecule has 1 aromatic rings. The van der Waals surface area contributed by atoms with E-state index in [9.17, 15) is 0 Å². The van der Waals surface area contributed by atoms with Crippen molar-refractivity contribution in [2.75, 3.05) is 6.61 Å². The van der Waals surface area contributed by atoms with Crippen LogP contribution in [0.5, 0.6) is 0 Å². The molecule has 1 aromatic carbocycles. The summed E-state index contributed by atoms with van der Waals surface area (Å²) in [5.41, 5.74) is 2.42. The van der Waals surface area contributed by atoms with Crippen LogP contribution in [0.1, 0.15) is 11.1 Å². The Kier molecular flexibility index (Phi) is 2.17. The molecule has 0 bridgehead atoms. The van der Waals surface area contributed by atoms with Gasteiger partial charge in [-0.3, -0.25) is 0 Å². The fourth-order valence-corrected chi connectivity index (χ4v) is 1.29. The quantitative estimate of drug-likeness (QED) is 0.632. The molecule has 0 amide bonds. The smallest absolute Gasteiger partial charge is 0.126 e. The van der Waals surface area contributed by atoms with Crippen molar-refractivity contribution in [2.24, 2.45) is 0 Å². The molecule has 66 valence electrons. The van der Waals surface area contributed by atoms with E-state index in [-0.39, 0.29) is 0 Å². The fourth-order valence-electron chi connectivity index (χ4n) is 1.29. The molecule has 2 rings (SSSR count). The van der Waals surface area contributed by atoms with Gasteiger partial charge >= 0.3 is 0 Å². The zero-order valence-corrected chi connectivity index (χ0v) is 7.66. The van der Waals surface area contributed by atoms with Gasteiger partial charge in [0, 0.05) is 5.56 Å². The van der Waals surface area contributed by atoms with Crippen LogP contribution in [0.2, 0.25) is 0 Å². The number of hydrogen-bond acceptors (Lipinski definition) is 1. The van der Waals surface area contributed by atoms with E-state index in [1.165, 1.54) is 5.56 Å². The van der Waals surface area contributed by atoms with Crippen molar-refractivity contribution in [2.45, 2.75) is 6.92 Å². The van der Waals surface area contributed by atoms with Gasteiger partial charge in [-0.2, -0.15) is 0 Å². The Hall–Kier alpha value is -1.50. The van der Waals surface area contributed by atoms with E-state index in [0.29, 0.717) is 6.61 Å². The minimum atomic E-state index is 0.680. The normalized spacial score (nSPS) is 15.0. The van der Waals surface area contributed by atoms with E-state index in [2.05, 4.69) is 31.2 Å². The molecular weight excluding hydrogens is 160 g/mol. The van der Waals surface area contributed by atoms with Crippen LogP contribution in [0.15, 0.2) is 42.5 Å². The van der Waals surface area contributed by atoms with Crippen molar-refractivity contribution < 1.29 is 4.74 Å². The van der Waals surface area contributed by atoms with E-state index in [1.807, 2.05) is 18.2 Å². The largest absolute Gasteiger partial charge is 0.489 e. The zero-order valence-electron chi connectivity index (χ0n) is 7.66. The summed E-state index contributed by atoms with van der Waals surface area (Å²) >= 11 is 0. The van der Waals surface area contributed by atoms with Gasteiger partial charge in [0.1, 0.15) is 12.4 Å². The van der Waals surface area contributed by atoms with Crippen molar-refractivity contribution in [3.05, 3.63) is 53.6 Å². The average Bonchev–Trinajstić information content (AvgIpc) is 2.20. The number of hydrogen-bond donors (Lipinski definition) is 0. The number of rotatable bonds is 1. The molecule has 1 aliphatic rings. The molecule has 1 aliphatic heterocycles. The number of aryl methyl sites for hydroxylation is 1. The van der Waals surface area contributed by atoms with Crippen molar-refractivity contribution in [3.8, 4) is 0 Å². The zero-order chi connectivity index (χ0) is 9.10. The highest BCUT2D eigenvalue weighted by molar-refractivity contribution is 5.62. The standard InChI is InChI=1S/C12H12O/c1-10-5-7-11(8-6-10)12-4-2-3-9-13-12/h2-8H,9H2,1H3. The molecule has 0 unspecified atom stereocenters. The molecule has 1 heteroatoms. The van der Waals surface area contributed by atoms with E-state index in [1.54, 1.807) is 0 Å². The maximum Gasteiger partial charge on any atom is 0.126 e. The van der Waals surface area contributed by atoms with Gasteiger partial charge < -0.3 is 4.74 Å². The van der Waals surface area contributed by atoms with E-state index in [4.69, 9.17) is 4.74 Å². The fraction of sp³-hybridized carbons (Fsp3) is 0.167. The SMILES string of the molecule is Cc1ccc(C2=CC=CCO2)cc1. The highest BCUT2D eigenvalue weighted by atomic mass is 16.5. The molecule has 0 N–H and O–H groups in total. The molecule has 0 aromatic heterocycles. The minimum absolute atomic E-state index is 0.680. The molecule has 1 nitrogen and oxygen atoms in total. The summed E-state index contributed by atoms with van der Waals surface area (Å²) in [6.45, 7) is 2.76. The Morgan fingerprint density at radius 2 is 1.92 bits per heavy atom. The summed E-state index contributed by atoms with van der Waals surface area (Å²) in [6.07, 6.45) is 6.02. The molecule has 0 atom stereocenters. The van der Waals surface area contributed by atoms with Gasteiger partial charge in [0.05, 0.1) is 0 Å². The summed E-state index contributed by atoms with van der Waals surface area (Å²) in [4.78, 5) is 0. The molecule has 0 fully saturated rings. The van der Waals surface area contributed by atoms with Crippen LogP contribution in [-0.2, 0) is 4.74 Å². The van der Waals surface area contributed by atoms with Crippen molar-refractivity contribution in [3.63, 3.8) is 0 Å². The van der Waals surface area contributed by atoms with Gasteiger partial charge in [0.15, 0.2) is 0 Å². The lowest BCUT2D eigenvalue weighted by Gasteiger charge is -2.11. The van der Waals surface area contributed by atoms with Gasteiger partial charge in [-0.1, -0.05) is 35.9 Å². The van der Waals surface area contributed by atoms with E-state index in [0.717, 1.165) is 11.3 Å². The first-order valence-electron chi connectivity index (χ1n) is 4.43. The van der Waals surface area contributed by atoms with E-state index >= 15 is 0 Å². The Balaban J connectivity index is 2.30. The number of ether oxygens (including phenoxy) is 1. The van der Waals surface area contributed by atoms with Gasteiger partial charge in [0.2, 0.25) is 0 Å². The summed E-state index contributed by atoms with van der Waals surface area (Å²) in [5.74, 6) is 0.961. The average molecular weight is 172 g/mol. The van der Waals surface area contributed by atoms with Crippen LogP contribution in [0.3, 0.4) is 0 Å². The molecule has 13 heavy (non-hydrogen) atoms. The Morgan fingerprint density at radius 1 is 1.15 bits per heavy atom. The first kappa shape index (κ1) is 8.11. The minimum Gasteiger partial charge on any atom is -0.489 e. The highest BCUT2D eigenvalue weighted by Crippen LogP contribution is 2.18. The lowest BCUT2D eigenvalue weighted by atomic mass is 10.1. The molecule has 0 radical (unpaired) electrons. The van der Waals surface area contributed by atoms with E-state index < -0.39 is 0 Å². The predicted octanol–water partition coefficient (Wildman–Crippen LogP) is 2.92. The second kappa shape index (κ2) is 3.48.